The van der Waals surface area contributed by atoms with Crippen LogP contribution < -0.4 is 10.5 Å². The van der Waals surface area contributed by atoms with E-state index in [2.05, 4.69) is 0 Å². The molecule has 0 atom stereocenters. The third kappa shape index (κ3) is 2.32. The third-order valence-corrected chi connectivity index (χ3v) is 2.78. The highest BCUT2D eigenvalue weighted by Gasteiger charge is 2.21. The van der Waals surface area contributed by atoms with E-state index in [-0.39, 0.29) is 11.3 Å². The molecule has 3 nitrogen and oxygen atoms in total. The van der Waals surface area contributed by atoms with Crippen LogP contribution in [0.15, 0.2) is 30.3 Å². The molecule has 0 heterocycles. The van der Waals surface area contributed by atoms with Crippen LogP contribution in [-0.2, 0) is 0 Å². The number of halogens is 3. The molecule has 2 N–H and O–H groups in total. The quantitative estimate of drug-likeness (QED) is 0.534. The van der Waals surface area contributed by atoms with Gasteiger partial charge >= 0.3 is 0 Å². The Bertz CT molecular complexity index is 686. The van der Waals surface area contributed by atoms with Gasteiger partial charge in [-0.15, -0.1) is 0 Å². The first-order valence-electron chi connectivity index (χ1n) is 5.57. The number of carbonyl (C=O) groups excluding carboxylic acids is 1. The predicted molar refractivity (Wildman–Crippen MR) is 67.2 cm³/mol. The number of ketones is 1. The fraction of sp³-hybridized carbons (Fsp3) is 0.0714. The SMILES string of the molecule is COc1ccc(C(=O)c2ccc(F)c(F)c2F)c(N)c1. The number of rotatable bonds is 3. The Hall–Kier alpha value is -2.50. The minimum Gasteiger partial charge on any atom is -0.497 e. The summed E-state index contributed by atoms with van der Waals surface area (Å²) in [6.45, 7) is 0. The topological polar surface area (TPSA) is 52.3 Å². The van der Waals surface area contributed by atoms with Gasteiger partial charge in [-0.1, -0.05) is 0 Å². The fourth-order valence-corrected chi connectivity index (χ4v) is 1.72. The third-order valence-electron chi connectivity index (χ3n) is 2.78. The normalized spacial score (nSPS) is 10.4. The zero-order valence-corrected chi connectivity index (χ0v) is 10.4. The van der Waals surface area contributed by atoms with Crippen molar-refractivity contribution in [1.29, 1.82) is 0 Å². The number of carbonyl (C=O) groups is 1. The highest BCUT2D eigenvalue weighted by atomic mass is 19.2. The second-order valence-electron chi connectivity index (χ2n) is 4.01. The van der Waals surface area contributed by atoms with E-state index in [0.29, 0.717) is 11.8 Å². The second-order valence-corrected chi connectivity index (χ2v) is 4.01. The highest BCUT2D eigenvalue weighted by molar-refractivity contribution is 6.12. The zero-order valence-electron chi connectivity index (χ0n) is 10.4. The number of nitrogens with two attached hydrogens (primary N) is 1. The molecule has 2 aromatic carbocycles. The van der Waals surface area contributed by atoms with Crippen LogP contribution in [0, 0.1) is 17.5 Å². The van der Waals surface area contributed by atoms with Gasteiger partial charge in [0.05, 0.1) is 12.7 Å². The Kier molecular flexibility index (Phi) is 3.65. The summed E-state index contributed by atoms with van der Waals surface area (Å²) in [5.74, 6) is -5.00. The van der Waals surface area contributed by atoms with Crippen molar-refractivity contribution in [3.63, 3.8) is 0 Å². The van der Waals surface area contributed by atoms with E-state index in [4.69, 9.17) is 10.5 Å². The monoisotopic (exact) mass is 281 g/mol. The maximum atomic E-state index is 13.6. The number of methoxy groups -OCH3 is 1. The van der Waals surface area contributed by atoms with E-state index in [1.165, 1.54) is 25.3 Å². The molecule has 6 heteroatoms. The largest absolute Gasteiger partial charge is 0.497 e. The first kappa shape index (κ1) is 13.9. The zero-order chi connectivity index (χ0) is 14.9. The van der Waals surface area contributed by atoms with Crippen molar-refractivity contribution in [1.82, 2.24) is 0 Å². The lowest BCUT2D eigenvalue weighted by molar-refractivity contribution is 0.103. The minimum atomic E-state index is -1.69. The molecule has 0 aliphatic rings. The van der Waals surface area contributed by atoms with Gasteiger partial charge in [-0.3, -0.25) is 4.79 Å². The van der Waals surface area contributed by atoms with Crippen molar-refractivity contribution in [2.45, 2.75) is 0 Å². The molecule has 0 radical (unpaired) electrons. The molecule has 0 aliphatic heterocycles. The highest BCUT2D eigenvalue weighted by Crippen LogP contribution is 2.24. The number of hydrogen-bond acceptors (Lipinski definition) is 3. The van der Waals surface area contributed by atoms with E-state index in [9.17, 15) is 18.0 Å². The van der Waals surface area contributed by atoms with Gasteiger partial charge < -0.3 is 10.5 Å². The van der Waals surface area contributed by atoms with Gasteiger partial charge in [-0.2, -0.15) is 0 Å². The molecule has 0 aromatic heterocycles. The summed E-state index contributed by atoms with van der Waals surface area (Å²) in [6.07, 6.45) is 0. The predicted octanol–water partition coefficient (Wildman–Crippen LogP) is 2.93. The summed E-state index contributed by atoms with van der Waals surface area (Å²) >= 11 is 0. The van der Waals surface area contributed by atoms with Gasteiger partial charge in [0.2, 0.25) is 0 Å². The van der Waals surface area contributed by atoms with Crippen LogP contribution in [-0.4, -0.2) is 12.9 Å². The van der Waals surface area contributed by atoms with Gasteiger partial charge in [0.15, 0.2) is 23.2 Å². The molecule has 104 valence electrons. The van der Waals surface area contributed by atoms with Gasteiger partial charge in [0.25, 0.3) is 0 Å². The van der Waals surface area contributed by atoms with Crippen LogP contribution in [0.1, 0.15) is 15.9 Å². The molecule has 0 saturated carbocycles. The van der Waals surface area contributed by atoms with Crippen molar-refractivity contribution in [2.24, 2.45) is 0 Å². The van der Waals surface area contributed by atoms with Gasteiger partial charge in [0, 0.05) is 17.3 Å². The van der Waals surface area contributed by atoms with Crippen LogP contribution in [0.2, 0.25) is 0 Å². The average molecular weight is 281 g/mol. The summed E-state index contributed by atoms with van der Waals surface area (Å²) in [5.41, 5.74) is 5.12. The van der Waals surface area contributed by atoms with Crippen molar-refractivity contribution in [3.8, 4) is 5.75 Å². The first-order valence-corrected chi connectivity index (χ1v) is 5.57. The van der Waals surface area contributed by atoms with E-state index < -0.39 is 28.8 Å². The van der Waals surface area contributed by atoms with Gasteiger partial charge in [-0.25, -0.2) is 13.2 Å². The molecule has 0 aliphatic carbocycles. The Morgan fingerprint density at radius 2 is 1.70 bits per heavy atom. The average Bonchev–Trinajstić information content (AvgIpc) is 2.44. The standard InChI is InChI=1S/C14H10F3NO2/c1-20-7-2-3-8(11(18)6-7)14(19)9-4-5-10(15)13(17)12(9)16/h2-6H,18H2,1H3. The van der Waals surface area contributed by atoms with Crippen LogP contribution in [0.4, 0.5) is 18.9 Å². The molecular weight excluding hydrogens is 271 g/mol. The molecule has 0 bridgehead atoms. The molecule has 0 saturated heterocycles. The van der Waals surface area contributed by atoms with Crippen molar-refractivity contribution in [2.75, 3.05) is 12.8 Å². The lowest BCUT2D eigenvalue weighted by Crippen LogP contribution is -2.09. The molecule has 2 rings (SSSR count). The number of hydrogen-bond donors (Lipinski definition) is 1. The fourth-order valence-electron chi connectivity index (χ4n) is 1.72. The number of anilines is 1. The van der Waals surface area contributed by atoms with Crippen LogP contribution in [0.3, 0.4) is 0 Å². The Morgan fingerprint density at radius 3 is 2.30 bits per heavy atom. The summed E-state index contributed by atoms with van der Waals surface area (Å²) in [6, 6.07) is 5.73. The lowest BCUT2D eigenvalue weighted by Gasteiger charge is -2.08. The number of ether oxygens (including phenoxy) is 1. The molecule has 0 amide bonds. The molecule has 0 spiro atoms. The van der Waals surface area contributed by atoms with Crippen LogP contribution >= 0.6 is 0 Å². The van der Waals surface area contributed by atoms with E-state index in [1.807, 2.05) is 0 Å². The molecule has 0 fully saturated rings. The van der Waals surface area contributed by atoms with Crippen molar-refractivity contribution >= 4 is 11.5 Å². The number of nitrogen functional groups attached to an aromatic ring is 1. The summed E-state index contributed by atoms with van der Waals surface area (Å²) in [4.78, 5) is 12.1. The van der Waals surface area contributed by atoms with Gasteiger partial charge in [-0.05, 0) is 24.3 Å². The summed E-state index contributed by atoms with van der Waals surface area (Å²) < 4.78 is 44.5. The Morgan fingerprint density at radius 1 is 1.05 bits per heavy atom. The van der Waals surface area contributed by atoms with Gasteiger partial charge in [0.1, 0.15) is 5.75 Å². The molecule has 2 aromatic rings. The second kappa shape index (κ2) is 5.24. The number of benzene rings is 2. The summed E-state index contributed by atoms with van der Waals surface area (Å²) in [5, 5.41) is 0. The van der Waals surface area contributed by atoms with Crippen molar-refractivity contribution in [3.05, 3.63) is 58.9 Å². The van der Waals surface area contributed by atoms with E-state index in [1.54, 1.807) is 0 Å². The van der Waals surface area contributed by atoms with Crippen LogP contribution in [0.25, 0.3) is 0 Å². The molecule has 0 unspecified atom stereocenters. The Balaban J connectivity index is 2.49. The Labute approximate surface area is 112 Å². The van der Waals surface area contributed by atoms with E-state index in [0.717, 1.165) is 6.07 Å². The summed E-state index contributed by atoms with van der Waals surface area (Å²) in [7, 11) is 1.42. The van der Waals surface area contributed by atoms with Crippen molar-refractivity contribution < 1.29 is 22.7 Å². The molecular formula is C14H10F3NO2. The minimum absolute atomic E-state index is 0.0179. The van der Waals surface area contributed by atoms with Crippen LogP contribution in [0.5, 0.6) is 5.75 Å². The lowest BCUT2D eigenvalue weighted by atomic mass is 10.0. The molecule has 20 heavy (non-hydrogen) atoms. The maximum Gasteiger partial charge on any atom is 0.198 e. The van der Waals surface area contributed by atoms with E-state index >= 15 is 0 Å². The first-order chi connectivity index (χ1) is 9.45. The maximum absolute atomic E-state index is 13.6. The smallest absolute Gasteiger partial charge is 0.198 e.